The average molecular weight is 234 g/mol. The molecule has 2 N–H and O–H groups in total. The van der Waals surface area contributed by atoms with Crippen molar-refractivity contribution in [2.45, 2.75) is 26.7 Å². The van der Waals surface area contributed by atoms with E-state index in [1.807, 2.05) is 26.0 Å². The second kappa shape index (κ2) is 4.31. The van der Waals surface area contributed by atoms with Gasteiger partial charge in [0, 0.05) is 18.5 Å². The number of hydrogen-bond acceptors (Lipinski definition) is 4. The second-order valence-corrected chi connectivity index (χ2v) is 4.94. The van der Waals surface area contributed by atoms with E-state index in [4.69, 9.17) is 5.73 Å². The summed E-state index contributed by atoms with van der Waals surface area (Å²) in [5.74, 6) is 0.675. The van der Waals surface area contributed by atoms with Crippen LogP contribution in [0.5, 0.6) is 0 Å². The summed E-state index contributed by atoms with van der Waals surface area (Å²) in [5, 5.41) is 8.20. The van der Waals surface area contributed by atoms with Crippen LogP contribution in [0.4, 0.5) is 5.82 Å². The molecule has 17 heavy (non-hydrogen) atoms. The molecule has 2 heterocycles. The highest BCUT2D eigenvalue weighted by atomic mass is 16.1. The fraction of sp³-hybridized carbons (Fsp3) is 0.583. The number of carbonyl (C=O) groups excluding carboxylic acids is 1. The molecule has 1 fully saturated rings. The van der Waals surface area contributed by atoms with E-state index in [-0.39, 0.29) is 11.3 Å². The highest BCUT2D eigenvalue weighted by Crippen LogP contribution is 2.31. The summed E-state index contributed by atoms with van der Waals surface area (Å²) in [6, 6.07) is 3.92. The number of anilines is 1. The molecular formula is C12H18N4O. The van der Waals surface area contributed by atoms with Gasteiger partial charge in [0.05, 0.1) is 5.69 Å². The first kappa shape index (κ1) is 11.8. The minimum Gasteiger partial charge on any atom is -0.369 e. The monoisotopic (exact) mass is 234 g/mol. The van der Waals surface area contributed by atoms with Crippen LogP contribution < -0.4 is 10.6 Å². The molecule has 1 saturated heterocycles. The van der Waals surface area contributed by atoms with E-state index in [0.29, 0.717) is 0 Å². The van der Waals surface area contributed by atoms with E-state index in [9.17, 15) is 4.79 Å². The van der Waals surface area contributed by atoms with Gasteiger partial charge < -0.3 is 10.6 Å². The van der Waals surface area contributed by atoms with Crippen molar-refractivity contribution in [2.24, 2.45) is 11.1 Å². The van der Waals surface area contributed by atoms with Gasteiger partial charge in [0.2, 0.25) is 5.91 Å². The van der Waals surface area contributed by atoms with E-state index in [0.717, 1.165) is 37.4 Å². The quantitative estimate of drug-likeness (QED) is 0.824. The summed E-state index contributed by atoms with van der Waals surface area (Å²) in [7, 11) is 0. The van der Waals surface area contributed by atoms with Crippen molar-refractivity contribution >= 4 is 11.7 Å². The van der Waals surface area contributed by atoms with Gasteiger partial charge in [0.1, 0.15) is 0 Å². The molecule has 5 heteroatoms. The average Bonchev–Trinajstić information content (AvgIpc) is 2.31. The fourth-order valence-corrected chi connectivity index (χ4v) is 2.04. The Labute approximate surface area is 101 Å². The van der Waals surface area contributed by atoms with Gasteiger partial charge in [0.25, 0.3) is 0 Å². The van der Waals surface area contributed by atoms with Crippen LogP contribution in [0.15, 0.2) is 12.1 Å². The SMILES string of the molecule is Cc1ccc(N2CCC(C)(C(N)=O)CC2)nn1. The van der Waals surface area contributed by atoms with Gasteiger partial charge in [-0.25, -0.2) is 0 Å². The number of carbonyl (C=O) groups is 1. The number of aromatic nitrogens is 2. The predicted molar refractivity (Wildman–Crippen MR) is 65.5 cm³/mol. The lowest BCUT2D eigenvalue weighted by Crippen LogP contribution is -2.45. The normalized spacial score (nSPS) is 19.1. The van der Waals surface area contributed by atoms with Crippen molar-refractivity contribution in [3.8, 4) is 0 Å². The van der Waals surface area contributed by atoms with Gasteiger partial charge >= 0.3 is 0 Å². The van der Waals surface area contributed by atoms with Crippen molar-refractivity contribution in [3.05, 3.63) is 17.8 Å². The van der Waals surface area contributed by atoms with Gasteiger partial charge in [0.15, 0.2) is 5.82 Å². The first-order valence-corrected chi connectivity index (χ1v) is 5.86. The second-order valence-electron chi connectivity index (χ2n) is 4.94. The summed E-state index contributed by atoms with van der Waals surface area (Å²) < 4.78 is 0. The van der Waals surface area contributed by atoms with Crippen LogP contribution in [-0.2, 0) is 4.79 Å². The maximum Gasteiger partial charge on any atom is 0.223 e. The molecule has 1 aromatic heterocycles. The molecule has 0 saturated carbocycles. The molecule has 0 unspecified atom stereocenters. The summed E-state index contributed by atoms with van der Waals surface area (Å²) >= 11 is 0. The van der Waals surface area contributed by atoms with Crippen LogP contribution >= 0.6 is 0 Å². The Bertz CT molecular complexity index is 407. The number of piperidine rings is 1. The zero-order valence-electron chi connectivity index (χ0n) is 10.3. The molecule has 1 aliphatic heterocycles. The molecule has 1 aliphatic rings. The van der Waals surface area contributed by atoms with E-state index in [1.165, 1.54) is 0 Å². The molecular weight excluding hydrogens is 216 g/mol. The lowest BCUT2D eigenvalue weighted by Gasteiger charge is -2.37. The lowest BCUT2D eigenvalue weighted by molar-refractivity contribution is -0.127. The summed E-state index contributed by atoms with van der Waals surface area (Å²) in [5.41, 5.74) is 5.96. The minimum atomic E-state index is -0.366. The van der Waals surface area contributed by atoms with Crippen molar-refractivity contribution in [2.75, 3.05) is 18.0 Å². The van der Waals surface area contributed by atoms with Gasteiger partial charge in [-0.1, -0.05) is 6.92 Å². The zero-order chi connectivity index (χ0) is 12.5. The Morgan fingerprint density at radius 1 is 1.35 bits per heavy atom. The van der Waals surface area contributed by atoms with Crippen molar-refractivity contribution in [1.82, 2.24) is 10.2 Å². The zero-order valence-corrected chi connectivity index (χ0v) is 10.3. The topological polar surface area (TPSA) is 72.1 Å². The van der Waals surface area contributed by atoms with Crippen LogP contribution in [0, 0.1) is 12.3 Å². The molecule has 92 valence electrons. The van der Waals surface area contributed by atoms with Crippen molar-refractivity contribution < 1.29 is 4.79 Å². The smallest absolute Gasteiger partial charge is 0.223 e. The number of hydrogen-bond donors (Lipinski definition) is 1. The van der Waals surface area contributed by atoms with Crippen LogP contribution in [-0.4, -0.2) is 29.2 Å². The Hall–Kier alpha value is -1.65. The van der Waals surface area contributed by atoms with E-state index in [2.05, 4.69) is 15.1 Å². The summed E-state index contributed by atoms with van der Waals surface area (Å²) in [6.07, 6.45) is 1.55. The highest BCUT2D eigenvalue weighted by Gasteiger charge is 2.35. The van der Waals surface area contributed by atoms with Gasteiger partial charge in [-0.3, -0.25) is 4.79 Å². The molecule has 0 atom stereocenters. The molecule has 5 nitrogen and oxygen atoms in total. The maximum atomic E-state index is 11.3. The Morgan fingerprint density at radius 3 is 2.47 bits per heavy atom. The van der Waals surface area contributed by atoms with Crippen molar-refractivity contribution in [1.29, 1.82) is 0 Å². The van der Waals surface area contributed by atoms with E-state index < -0.39 is 0 Å². The molecule has 2 rings (SSSR count). The van der Waals surface area contributed by atoms with Gasteiger partial charge in [-0.05, 0) is 31.9 Å². The first-order chi connectivity index (χ1) is 8.01. The number of aryl methyl sites for hydroxylation is 1. The third-order valence-corrected chi connectivity index (χ3v) is 3.57. The molecule has 1 amide bonds. The van der Waals surface area contributed by atoms with Crippen LogP contribution in [0.1, 0.15) is 25.5 Å². The summed E-state index contributed by atoms with van der Waals surface area (Å²) in [4.78, 5) is 13.5. The summed E-state index contributed by atoms with van der Waals surface area (Å²) in [6.45, 7) is 5.46. The molecule has 0 aliphatic carbocycles. The molecule has 0 aromatic carbocycles. The number of amides is 1. The minimum absolute atomic E-state index is 0.202. The van der Waals surface area contributed by atoms with Crippen LogP contribution in [0.25, 0.3) is 0 Å². The molecule has 0 radical (unpaired) electrons. The molecule has 0 spiro atoms. The predicted octanol–water partition coefficient (Wildman–Crippen LogP) is 0.877. The van der Waals surface area contributed by atoms with E-state index >= 15 is 0 Å². The fourth-order valence-electron chi connectivity index (χ4n) is 2.04. The third-order valence-electron chi connectivity index (χ3n) is 3.57. The number of nitrogens with two attached hydrogens (primary N) is 1. The number of primary amides is 1. The Kier molecular flexibility index (Phi) is 3.00. The third kappa shape index (κ3) is 2.38. The highest BCUT2D eigenvalue weighted by molar-refractivity contribution is 5.80. The van der Waals surface area contributed by atoms with Crippen molar-refractivity contribution in [3.63, 3.8) is 0 Å². The first-order valence-electron chi connectivity index (χ1n) is 5.86. The van der Waals surface area contributed by atoms with Gasteiger partial charge in [-0.2, -0.15) is 5.10 Å². The standard InChI is InChI=1S/C12H18N4O/c1-9-3-4-10(15-14-9)16-7-5-12(2,6-8-16)11(13)17/h3-4H,5-8H2,1-2H3,(H2,13,17). The lowest BCUT2D eigenvalue weighted by atomic mass is 9.80. The maximum absolute atomic E-state index is 11.3. The van der Waals surface area contributed by atoms with Gasteiger partial charge in [-0.15, -0.1) is 5.10 Å². The largest absolute Gasteiger partial charge is 0.369 e. The van der Waals surface area contributed by atoms with Crippen LogP contribution in [0.2, 0.25) is 0 Å². The number of nitrogens with zero attached hydrogens (tertiary/aromatic N) is 3. The Balaban J connectivity index is 2.04. The van der Waals surface area contributed by atoms with E-state index in [1.54, 1.807) is 0 Å². The van der Waals surface area contributed by atoms with Crippen LogP contribution in [0.3, 0.4) is 0 Å². The Morgan fingerprint density at radius 2 is 2.00 bits per heavy atom. The number of rotatable bonds is 2. The molecule has 0 bridgehead atoms. The molecule has 1 aromatic rings.